The quantitative estimate of drug-likeness (QED) is 0.669. The minimum absolute atomic E-state index is 0.172. The summed E-state index contributed by atoms with van der Waals surface area (Å²) in [4.78, 5) is 1.12. The molecule has 0 saturated heterocycles. The first-order valence-corrected chi connectivity index (χ1v) is 9.15. The van der Waals surface area contributed by atoms with Crippen molar-refractivity contribution in [3.63, 3.8) is 0 Å². The third kappa shape index (κ3) is 3.79. The molecule has 0 radical (unpaired) electrons. The summed E-state index contributed by atoms with van der Waals surface area (Å²) >= 11 is 1.69. The molecule has 0 aromatic carbocycles. The molecule has 1 nitrogen and oxygen atoms in total. The fourth-order valence-corrected chi connectivity index (χ4v) is 2.70. The Morgan fingerprint density at radius 2 is 1.79 bits per heavy atom. The molecule has 0 bridgehead atoms. The topological polar surface area (TPSA) is 9.23 Å². The Morgan fingerprint density at radius 3 is 2.07 bits per heavy atom. The molecule has 14 heavy (non-hydrogen) atoms. The molecule has 0 unspecified atom stereocenters. The van der Waals surface area contributed by atoms with E-state index in [-0.39, 0.29) is 11.1 Å². The number of hydrogen-bond acceptors (Lipinski definition) is 2. The molecule has 0 fully saturated rings. The van der Waals surface area contributed by atoms with Gasteiger partial charge in [-0.2, -0.15) is 0 Å². The molecule has 0 saturated carbocycles. The fourth-order valence-electron chi connectivity index (χ4n) is 0.850. The van der Waals surface area contributed by atoms with Crippen LogP contribution in [0.3, 0.4) is 0 Å². The van der Waals surface area contributed by atoms with Gasteiger partial charge in [0.25, 0.3) is 0 Å². The van der Waals surface area contributed by atoms with Crippen LogP contribution in [0.5, 0.6) is 0 Å². The highest BCUT2D eigenvalue weighted by Crippen LogP contribution is 2.38. The van der Waals surface area contributed by atoms with Crippen LogP contribution in [0.4, 0.5) is 0 Å². The molecular weight excluding hydrogens is 208 g/mol. The first-order valence-electron chi connectivity index (χ1n) is 5.02. The zero-order valence-corrected chi connectivity index (χ0v) is 12.4. The average molecular weight is 232 g/mol. The van der Waals surface area contributed by atoms with E-state index in [1.54, 1.807) is 11.8 Å². The summed E-state index contributed by atoms with van der Waals surface area (Å²) in [6, 6.07) is 0. The van der Waals surface area contributed by atoms with Crippen molar-refractivity contribution in [3.05, 3.63) is 11.5 Å². The van der Waals surface area contributed by atoms with Gasteiger partial charge in [-0.15, -0.1) is 11.8 Å². The maximum Gasteiger partial charge on any atom is 0.192 e. The average Bonchev–Trinajstić information content (AvgIpc) is 2.00. The van der Waals surface area contributed by atoms with Crippen LogP contribution in [0.25, 0.3) is 0 Å². The molecular formula is C11H24OSSi. The van der Waals surface area contributed by atoms with Crippen molar-refractivity contribution in [2.45, 2.75) is 51.9 Å². The van der Waals surface area contributed by atoms with Crippen LogP contribution >= 0.6 is 11.8 Å². The molecule has 0 aromatic rings. The van der Waals surface area contributed by atoms with Crippen LogP contribution in [0, 0.1) is 0 Å². The largest absolute Gasteiger partial charge is 0.410 e. The summed E-state index contributed by atoms with van der Waals surface area (Å²) in [5.41, 5.74) is 0. The highest BCUT2D eigenvalue weighted by molar-refractivity contribution is 8.02. The summed E-state index contributed by atoms with van der Waals surface area (Å²) < 4.78 is 6.17. The highest BCUT2D eigenvalue weighted by Gasteiger charge is 2.38. The van der Waals surface area contributed by atoms with Crippen LogP contribution in [-0.2, 0) is 4.43 Å². The second-order valence-electron chi connectivity index (χ2n) is 5.19. The standard InChI is InChI=1S/C11H24OSSi/c1-9(10(2)13-6)12-14(7,8)11(3,4)5/h9H,2H2,1,3-8H3/t9-/m0/s1. The molecule has 0 aliphatic carbocycles. The van der Waals surface area contributed by atoms with Crippen molar-refractivity contribution in [2.24, 2.45) is 0 Å². The predicted molar refractivity (Wildman–Crippen MR) is 70.4 cm³/mol. The molecule has 0 aliphatic rings. The van der Waals surface area contributed by atoms with Crippen molar-refractivity contribution in [3.8, 4) is 0 Å². The highest BCUT2D eigenvalue weighted by atomic mass is 32.2. The van der Waals surface area contributed by atoms with Crippen molar-refractivity contribution < 1.29 is 4.43 Å². The third-order valence-corrected chi connectivity index (χ3v) is 8.40. The monoisotopic (exact) mass is 232 g/mol. The maximum atomic E-state index is 6.17. The summed E-state index contributed by atoms with van der Waals surface area (Å²) in [6.07, 6.45) is 2.22. The van der Waals surface area contributed by atoms with E-state index in [1.807, 2.05) is 6.26 Å². The Labute approximate surface area is 94.4 Å². The molecule has 0 aliphatic heterocycles. The van der Waals surface area contributed by atoms with Gasteiger partial charge in [-0.3, -0.25) is 0 Å². The van der Waals surface area contributed by atoms with Crippen LogP contribution < -0.4 is 0 Å². The van der Waals surface area contributed by atoms with Crippen LogP contribution in [0.2, 0.25) is 18.1 Å². The maximum absolute atomic E-state index is 6.17. The molecule has 1 atom stereocenters. The Morgan fingerprint density at radius 1 is 1.36 bits per heavy atom. The second-order valence-corrected chi connectivity index (χ2v) is 10.9. The van der Waals surface area contributed by atoms with E-state index >= 15 is 0 Å². The molecule has 3 heteroatoms. The Hall–Kier alpha value is 0.267. The lowest BCUT2D eigenvalue weighted by Gasteiger charge is -2.38. The molecule has 0 aromatic heterocycles. The number of hydrogen-bond donors (Lipinski definition) is 0. The van der Waals surface area contributed by atoms with Crippen LogP contribution in [0.1, 0.15) is 27.7 Å². The van der Waals surface area contributed by atoms with Gasteiger partial charge >= 0.3 is 0 Å². The number of thioether (sulfide) groups is 1. The molecule has 0 heterocycles. The van der Waals surface area contributed by atoms with Gasteiger partial charge in [0.05, 0.1) is 6.10 Å². The van der Waals surface area contributed by atoms with E-state index in [2.05, 4.69) is 47.4 Å². The van der Waals surface area contributed by atoms with E-state index in [4.69, 9.17) is 4.43 Å². The first kappa shape index (κ1) is 14.3. The SMILES string of the molecule is C=C(SC)[C@H](C)O[Si](C)(C)C(C)(C)C. The predicted octanol–water partition coefficient (Wildman–Crippen LogP) is 4.27. The van der Waals surface area contributed by atoms with Gasteiger partial charge in [0.2, 0.25) is 0 Å². The minimum atomic E-state index is -1.62. The minimum Gasteiger partial charge on any atom is -0.410 e. The van der Waals surface area contributed by atoms with Crippen LogP contribution in [0.15, 0.2) is 11.5 Å². The summed E-state index contributed by atoms with van der Waals surface area (Å²) in [5.74, 6) is 0. The molecule has 84 valence electrons. The lowest BCUT2D eigenvalue weighted by molar-refractivity contribution is 0.240. The van der Waals surface area contributed by atoms with Crippen molar-refractivity contribution >= 4 is 20.1 Å². The van der Waals surface area contributed by atoms with E-state index in [1.165, 1.54) is 0 Å². The van der Waals surface area contributed by atoms with Gasteiger partial charge in [0.15, 0.2) is 8.32 Å². The van der Waals surface area contributed by atoms with Crippen molar-refractivity contribution in [1.29, 1.82) is 0 Å². The molecule has 0 rings (SSSR count). The second kappa shape index (κ2) is 4.86. The van der Waals surface area contributed by atoms with Gasteiger partial charge < -0.3 is 4.43 Å². The van der Waals surface area contributed by atoms with Gasteiger partial charge in [-0.1, -0.05) is 27.4 Å². The van der Waals surface area contributed by atoms with Crippen molar-refractivity contribution in [1.82, 2.24) is 0 Å². The normalized spacial score (nSPS) is 15.4. The first-order chi connectivity index (χ1) is 6.12. The van der Waals surface area contributed by atoms with Crippen LogP contribution in [-0.4, -0.2) is 20.7 Å². The Bertz CT molecular complexity index is 206. The summed E-state index contributed by atoms with van der Waals surface area (Å²) in [6.45, 7) is 17.4. The van der Waals surface area contributed by atoms with Gasteiger partial charge in [-0.05, 0) is 31.3 Å². The zero-order chi connectivity index (χ0) is 11.6. The fraction of sp³-hybridized carbons (Fsp3) is 0.818. The van der Waals surface area contributed by atoms with E-state index in [9.17, 15) is 0 Å². The smallest absolute Gasteiger partial charge is 0.192 e. The van der Waals surface area contributed by atoms with Crippen molar-refractivity contribution in [2.75, 3.05) is 6.26 Å². The number of rotatable bonds is 4. The molecule has 0 amide bonds. The lowest BCUT2D eigenvalue weighted by Crippen LogP contribution is -2.43. The van der Waals surface area contributed by atoms with Gasteiger partial charge in [0, 0.05) is 4.91 Å². The molecule has 0 spiro atoms. The Kier molecular flexibility index (Phi) is 4.95. The lowest BCUT2D eigenvalue weighted by atomic mass is 10.2. The summed E-state index contributed by atoms with van der Waals surface area (Å²) in [7, 11) is -1.62. The summed E-state index contributed by atoms with van der Waals surface area (Å²) in [5, 5.41) is 0.278. The Balaban J connectivity index is 4.44. The third-order valence-electron chi connectivity index (χ3n) is 2.99. The van der Waals surface area contributed by atoms with E-state index in [0.717, 1.165) is 4.91 Å². The van der Waals surface area contributed by atoms with Gasteiger partial charge in [0.1, 0.15) is 0 Å². The van der Waals surface area contributed by atoms with E-state index < -0.39 is 8.32 Å². The zero-order valence-electron chi connectivity index (χ0n) is 10.6. The van der Waals surface area contributed by atoms with E-state index in [0.29, 0.717) is 0 Å². The van der Waals surface area contributed by atoms with Gasteiger partial charge in [-0.25, -0.2) is 0 Å². The molecule has 0 N–H and O–H groups in total.